The first-order chi connectivity index (χ1) is 8.10. The van der Waals surface area contributed by atoms with Crippen molar-refractivity contribution in [3.63, 3.8) is 0 Å². The molecule has 3 N–H and O–H groups in total. The summed E-state index contributed by atoms with van der Waals surface area (Å²) < 4.78 is 0. The molecular formula is C9H15N5O3. The van der Waals surface area contributed by atoms with E-state index in [1.54, 1.807) is 19.0 Å². The molecular weight excluding hydrogens is 226 g/mol. The molecule has 2 heterocycles. The van der Waals surface area contributed by atoms with Gasteiger partial charge in [0.15, 0.2) is 12.0 Å². The molecule has 2 unspecified atom stereocenters. The van der Waals surface area contributed by atoms with Gasteiger partial charge in [0.1, 0.15) is 6.17 Å². The van der Waals surface area contributed by atoms with Crippen LogP contribution in [-0.4, -0.2) is 72.3 Å². The maximum atomic E-state index is 11.8. The lowest BCUT2D eigenvalue weighted by molar-refractivity contribution is -0.127. The zero-order valence-electron chi connectivity index (χ0n) is 9.67. The van der Waals surface area contributed by atoms with E-state index in [1.165, 1.54) is 4.90 Å². The summed E-state index contributed by atoms with van der Waals surface area (Å²) in [6.07, 6.45) is -0.443. The molecule has 0 bridgehead atoms. The number of urea groups is 1. The second kappa shape index (κ2) is 4.21. The molecule has 94 valence electrons. The number of hydrogen-bond donors (Lipinski definition) is 3. The van der Waals surface area contributed by atoms with Gasteiger partial charge < -0.3 is 20.2 Å². The van der Waals surface area contributed by atoms with E-state index in [-0.39, 0.29) is 19.1 Å². The number of imide groups is 1. The molecule has 2 rings (SSSR count). The third-order valence-corrected chi connectivity index (χ3v) is 2.97. The summed E-state index contributed by atoms with van der Waals surface area (Å²) in [5.74, 6) is 0.128. The molecule has 3 amide bonds. The minimum Gasteiger partial charge on any atom is -0.395 e. The molecule has 2 saturated heterocycles. The maximum Gasteiger partial charge on any atom is 0.325 e. The highest BCUT2D eigenvalue weighted by molar-refractivity contribution is 6.04. The lowest BCUT2D eigenvalue weighted by atomic mass is 10.1. The van der Waals surface area contributed by atoms with Crippen molar-refractivity contribution in [2.24, 2.45) is 4.99 Å². The summed E-state index contributed by atoms with van der Waals surface area (Å²) in [5.41, 5.74) is 0. The average Bonchev–Trinajstić information content (AvgIpc) is 2.66. The van der Waals surface area contributed by atoms with Crippen molar-refractivity contribution in [2.75, 3.05) is 27.2 Å². The molecule has 8 heteroatoms. The van der Waals surface area contributed by atoms with Crippen LogP contribution in [0.3, 0.4) is 0 Å². The number of carbonyl (C=O) groups is 2. The molecule has 0 spiro atoms. The van der Waals surface area contributed by atoms with Gasteiger partial charge in [-0.15, -0.1) is 0 Å². The largest absolute Gasteiger partial charge is 0.395 e. The molecule has 0 aromatic rings. The van der Waals surface area contributed by atoms with Crippen LogP contribution in [0.4, 0.5) is 4.79 Å². The Hall–Kier alpha value is -1.83. The van der Waals surface area contributed by atoms with Crippen molar-refractivity contribution >= 4 is 17.9 Å². The smallest absolute Gasteiger partial charge is 0.325 e. The summed E-state index contributed by atoms with van der Waals surface area (Å²) in [4.78, 5) is 30.3. The van der Waals surface area contributed by atoms with Gasteiger partial charge in [0.05, 0.1) is 6.61 Å². The fraction of sp³-hybridized carbons (Fsp3) is 0.667. The first-order valence-corrected chi connectivity index (χ1v) is 5.28. The third-order valence-electron chi connectivity index (χ3n) is 2.97. The number of guanidine groups is 1. The fourth-order valence-corrected chi connectivity index (χ4v) is 2.13. The highest BCUT2D eigenvalue weighted by Gasteiger charge is 2.49. The third kappa shape index (κ3) is 1.70. The molecule has 2 fully saturated rings. The zero-order chi connectivity index (χ0) is 12.6. The standard InChI is InChI=1S/C9H15N5O3/c1-10-8-11-6-5(14(8)3-4-15)7(16)12-9(17)13(6)2/h5-6,15H,3-4H2,1-2H3,(H,10,11)(H,12,16,17). The van der Waals surface area contributed by atoms with E-state index in [0.29, 0.717) is 5.96 Å². The molecule has 2 aliphatic heterocycles. The van der Waals surface area contributed by atoms with Crippen LogP contribution in [0.15, 0.2) is 4.99 Å². The minimum atomic E-state index is -0.552. The van der Waals surface area contributed by atoms with Gasteiger partial charge in [0, 0.05) is 20.6 Å². The van der Waals surface area contributed by atoms with Gasteiger partial charge >= 0.3 is 6.03 Å². The number of fused-ring (bicyclic) bond motifs is 1. The van der Waals surface area contributed by atoms with Gasteiger partial charge in [-0.3, -0.25) is 15.1 Å². The van der Waals surface area contributed by atoms with Crippen LogP contribution in [0, 0.1) is 0 Å². The lowest BCUT2D eigenvalue weighted by Gasteiger charge is -2.35. The van der Waals surface area contributed by atoms with Crippen molar-refractivity contribution < 1.29 is 14.7 Å². The van der Waals surface area contributed by atoms with Gasteiger partial charge in [-0.25, -0.2) is 4.79 Å². The molecule has 0 aromatic carbocycles. The number of aliphatic hydroxyl groups is 1. The SMILES string of the molecule is CN=C1NC2C(C(=O)NC(=O)N2C)N1CCO. The van der Waals surface area contributed by atoms with Gasteiger partial charge in [0.25, 0.3) is 5.91 Å². The first kappa shape index (κ1) is 11.6. The highest BCUT2D eigenvalue weighted by atomic mass is 16.3. The number of hydrogen-bond acceptors (Lipinski definition) is 4. The second-order valence-corrected chi connectivity index (χ2v) is 3.90. The normalized spacial score (nSPS) is 30.4. The number of β-amino-alcohol motifs (C(OH)–C–C–N with tert-alkyl or cyclic N) is 1. The van der Waals surface area contributed by atoms with E-state index in [9.17, 15) is 9.59 Å². The summed E-state index contributed by atoms with van der Waals surface area (Å²) >= 11 is 0. The van der Waals surface area contributed by atoms with Crippen molar-refractivity contribution in [3.8, 4) is 0 Å². The van der Waals surface area contributed by atoms with Gasteiger partial charge in [-0.2, -0.15) is 0 Å². The number of rotatable bonds is 2. The van der Waals surface area contributed by atoms with Gasteiger partial charge in [0.2, 0.25) is 0 Å². The van der Waals surface area contributed by atoms with Crippen LogP contribution >= 0.6 is 0 Å². The summed E-state index contributed by atoms with van der Waals surface area (Å²) in [6, 6.07) is -0.992. The molecule has 0 aliphatic carbocycles. The summed E-state index contributed by atoms with van der Waals surface area (Å²) in [6.45, 7) is 0.200. The molecule has 17 heavy (non-hydrogen) atoms. The highest BCUT2D eigenvalue weighted by Crippen LogP contribution is 2.19. The van der Waals surface area contributed by atoms with E-state index < -0.39 is 18.2 Å². The Kier molecular flexibility index (Phi) is 2.88. The summed E-state index contributed by atoms with van der Waals surface area (Å²) in [5, 5.41) is 14.3. The van der Waals surface area contributed by atoms with Crippen LogP contribution in [0.1, 0.15) is 0 Å². The molecule has 0 aromatic heterocycles. The topological polar surface area (TPSA) is 97.3 Å². The van der Waals surface area contributed by atoms with E-state index >= 15 is 0 Å². The van der Waals surface area contributed by atoms with E-state index in [2.05, 4.69) is 15.6 Å². The Labute approximate surface area is 98.3 Å². The Morgan fingerprint density at radius 1 is 1.47 bits per heavy atom. The zero-order valence-corrected chi connectivity index (χ0v) is 9.67. The number of aliphatic imine (C=N–C) groups is 1. The van der Waals surface area contributed by atoms with Gasteiger partial charge in [-0.1, -0.05) is 0 Å². The number of aliphatic hydroxyl groups excluding tert-OH is 1. The maximum absolute atomic E-state index is 11.8. The minimum absolute atomic E-state index is 0.0884. The van der Waals surface area contributed by atoms with Crippen LogP contribution in [0.25, 0.3) is 0 Å². The van der Waals surface area contributed by atoms with E-state index in [1.807, 2.05) is 0 Å². The quantitative estimate of drug-likeness (QED) is 0.507. The van der Waals surface area contributed by atoms with E-state index in [4.69, 9.17) is 5.11 Å². The number of carbonyl (C=O) groups excluding carboxylic acids is 2. The van der Waals surface area contributed by atoms with Crippen molar-refractivity contribution in [3.05, 3.63) is 0 Å². The Morgan fingerprint density at radius 2 is 2.18 bits per heavy atom. The van der Waals surface area contributed by atoms with Crippen LogP contribution < -0.4 is 10.6 Å². The summed E-state index contributed by atoms with van der Waals surface area (Å²) in [7, 11) is 3.19. The molecule has 2 atom stereocenters. The van der Waals surface area contributed by atoms with Crippen molar-refractivity contribution in [1.29, 1.82) is 0 Å². The van der Waals surface area contributed by atoms with E-state index in [0.717, 1.165) is 0 Å². The fourth-order valence-electron chi connectivity index (χ4n) is 2.13. The Bertz CT molecular complexity index is 383. The second-order valence-electron chi connectivity index (χ2n) is 3.90. The monoisotopic (exact) mass is 241 g/mol. The van der Waals surface area contributed by atoms with Crippen molar-refractivity contribution in [1.82, 2.24) is 20.4 Å². The number of nitrogens with zero attached hydrogens (tertiary/aromatic N) is 3. The molecule has 8 nitrogen and oxygen atoms in total. The molecule has 0 radical (unpaired) electrons. The predicted octanol–water partition coefficient (Wildman–Crippen LogP) is -2.25. The predicted molar refractivity (Wildman–Crippen MR) is 59.2 cm³/mol. The van der Waals surface area contributed by atoms with Crippen molar-refractivity contribution in [2.45, 2.75) is 12.2 Å². The Morgan fingerprint density at radius 3 is 2.76 bits per heavy atom. The average molecular weight is 241 g/mol. The lowest BCUT2D eigenvalue weighted by Crippen LogP contribution is -2.65. The number of amides is 3. The van der Waals surface area contributed by atoms with Crippen LogP contribution in [-0.2, 0) is 4.79 Å². The first-order valence-electron chi connectivity index (χ1n) is 5.28. The number of likely N-dealkylation sites (N-methyl/N-ethyl adjacent to an activating group) is 1. The van der Waals surface area contributed by atoms with Crippen LogP contribution in [0.5, 0.6) is 0 Å². The molecule has 0 saturated carbocycles. The Balaban J connectivity index is 2.31. The van der Waals surface area contributed by atoms with Gasteiger partial charge in [-0.05, 0) is 0 Å². The number of nitrogens with one attached hydrogen (secondary N) is 2. The van der Waals surface area contributed by atoms with Crippen LogP contribution in [0.2, 0.25) is 0 Å². The molecule has 2 aliphatic rings.